The smallest absolute Gasteiger partial charge is 0.306 e. The minimum absolute atomic E-state index is 0.145. The van der Waals surface area contributed by atoms with E-state index in [2.05, 4.69) is 26.2 Å². The van der Waals surface area contributed by atoms with Gasteiger partial charge < -0.3 is 19.2 Å². The van der Waals surface area contributed by atoms with Crippen LogP contribution in [-0.2, 0) is 16.1 Å². The normalized spacial score (nSPS) is 15.5. The Morgan fingerprint density at radius 2 is 2.06 bits per heavy atom. The van der Waals surface area contributed by atoms with Crippen LogP contribution < -0.4 is 9.46 Å². The lowest BCUT2D eigenvalue weighted by molar-refractivity contribution is -0.143. The summed E-state index contributed by atoms with van der Waals surface area (Å²) in [6, 6.07) is 16.2. The molecule has 3 aromatic rings. The van der Waals surface area contributed by atoms with Gasteiger partial charge in [0.25, 0.3) is 0 Å². The lowest BCUT2D eigenvalue weighted by atomic mass is 9.85. The lowest BCUT2D eigenvalue weighted by Crippen LogP contribution is -2.18. The molecule has 7 heteroatoms. The van der Waals surface area contributed by atoms with Crippen molar-refractivity contribution < 1.29 is 14.3 Å². The predicted molar refractivity (Wildman–Crippen MR) is 131 cm³/mol. The number of aromatic nitrogens is 1. The van der Waals surface area contributed by atoms with Gasteiger partial charge in [-0.15, -0.1) is 0 Å². The molecule has 1 aromatic heterocycles. The highest BCUT2D eigenvalue weighted by molar-refractivity contribution is 7.95. The number of benzene rings is 2. The zero-order valence-electron chi connectivity index (χ0n) is 18.3. The molecule has 0 bridgehead atoms. The molecule has 0 fully saturated rings. The van der Waals surface area contributed by atoms with Gasteiger partial charge in [0.15, 0.2) is 0 Å². The second-order valence-corrected chi connectivity index (χ2v) is 8.63. The Morgan fingerprint density at radius 3 is 2.91 bits per heavy atom. The Bertz CT molecular complexity index is 1250. The Labute approximate surface area is 197 Å². The van der Waals surface area contributed by atoms with Crippen molar-refractivity contribution in [3.8, 4) is 5.75 Å². The molecule has 33 heavy (non-hydrogen) atoms. The maximum Gasteiger partial charge on any atom is 0.306 e. The molecule has 6 nitrogen and oxygen atoms in total. The van der Waals surface area contributed by atoms with Gasteiger partial charge in [-0.05, 0) is 41.8 Å². The number of nitrogens with zero attached hydrogens (tertiary/aromatic N) is 1. The average molecular weight is 460 g/mol. The molecular formula is C26H25N3O3S. The summed E-state index contributed by atoms with van der Waals surface area (Å²) in [7, 11) is 0. The third-order valence-corrected chi connectivity index (χ3v) is 6.48. The fourth-order valence-corrected chi connectivity index (χ4v) is 4.86. The van der Waals surface area contributed by atoms with Crippen molar-refractivity contribution in [2.24, 2.45) is 0 Å². The number of allylic oxidation sites excluding steroid dienone is 3. The average Bonchev–Trinajstić information content (AvgIpc) is 3.49. The van der Waals surface area contributed by atoms with Gasteiger partial charge in [-0.25, -0.2) is 0 Å². The Balaban J connectivity index is 1.45. The van der Waals surface area contributed by atoms with E-state index >= 15 is 0 Å². The van der Waals surface area contributed by atoms with Crippen LogP contribution in [0.5, 0.6) is 5.75 Å². The summed E-state index contributed by atoms with van der Waals surface area (Å²) < 4.78 is 16.6. The number of ether oxygens (including phenoxy) is 2. The molecule has 2 aliphatic heterocycles. The van der Waals surface area contributed by atoms with Crippen molar-refractivity contribution in [2.75, 3.05) is 6.61 Å². The van der Waals surface area contributed by atoms with Crippen LogP contribution in [0.4, 0.5) is 0 Å². The minimum Gasteiger partial charge on any atom is -0.489 e. The molecule has 3 heterocycles. The van der Waals surface area contributed by atoms with Gasteiger partial charge in [0.05, 0.1) is 30.9 Å². The Morgan fingerprint density at radius 1 is 1.18 bits per heavy atom. The summed E-state index contributed by atoms with van der Waals surface area (Å²) in [4.78, 5) is 15.9. The maximum atomic E-state index is 12.5. The molecule has 2 aliphatic rings. The van der Waals surface area contributed by atoms with Crippen molar-refractivity contribution in [3.63, 3.8) is 0 Å². The van der Waals surface area contributed by atoms with Crippen molar-refractivity contribution in [1.29, 1.82) is 0 Å². The van der Waals surface area contributed by atoms with Crippen LogP contribution in [0.3, 0.4) is 0 Å². The number of hydrogen-bond acceptors (Lipinski definition) is 6. The van der Waals surface area contributed by atoms with E-state index in [9.17, 15) is 4.79 Å². The third kappa shape index (κ3) is 4.50. The molecule has 2 aromatic carbocycles. The van der Waals surface area contributed by atoms with E-state index in [1.165, 1.54) is 12.1 Å². The number of fused-ring (bicyclic) bond motifs is 2. The molecule has 1 unspecified atom stereocenters. The molecule has 0 spiro atoms. The lowest BCUT2D eigenvalue weighted by Gasteiger charge is -2.26. The third-order valence-electron chi connectivity index (χ3n) is 5.74. The van der Waals surface area contributed by atoms with E-state index in [0.717, 1.165) is 39.0 Å². The zero-order valence-corrected chi connectivity index (χ0v) is 19.1. The van der Waals surface area contributed by atoms with Crippen LogP contribution in [0.15, 0.2) is 90.5 Å². The zero-order chi connectivity index (χ0) is 22.6. The van der Waals surface area contributed by atoms with Gasteiger partial charge in [0.2, 0.25) is 0 Å². The topological polar surface area (TPSA) is 66.6 Å². The largest absolute Gasteiger partial charge is 0.489 e. The molecule has 0 saturated carbocycles. The highest BCUT2D eigenvalue weighted by atomic mass is 32.2. The molecule has 168 valence electrons. The van der Waals surface area contributed by atoms with E-state index in [0.29, 0.717) is 13.2 Å². The highest BCUT2D eigenvalue weighted by Crippen LogP contribution is 2.42. The van der Waals surface area contributed by atoms with Gasteiger partial charge in [0.1, 0.15) is 12.4 Å². The number of nitrogens with one attached hydrogen (secondary N) is 2. The number of aromatic amines is 1. The van der Waals surface area contributed by atoms with E-state index in [1.807, 2.05) is 74.1 Å². The van der Waals surface area contributed by atoms with Gasteiger partial charge in [0, 0.05) is 41.5 Å². The van der Waals surface area contributed by atoms with E-state index < -0.39 is 0 Å². The summed E-state index contributed by atoms with van der Waals surface area (Å²) in [5.74, 6) is 0.445. The van der Waals surface area contributed by atoms with Gasteiger partial charge in [-0.1, -0.05) is 36.4 Å². The van der Waals surface area contributed by atoms with Crippen LogP contribution in [0.2, 0.25) is 0 Å². The molecule has 0 amide bonds. The minimum atomic E-state index is -0.208. The number of carbonyl (C=O) groups is 1. The van der Waals surface area contributed by atoms with Crippen LogP contribution in [0, 0.1) is 0 Å². The number of esters is 1. The first-order chi connectivity index (χ1) is 16.2. The fraction of sp³-hybridized carbons (Fsp3) is 0.192. The van der Waals surface area contributed by atoms with E-state index in [1.54, 1.807) is 0 Å². The standard InChI is InChI=1S/C26H25N3O3S/c1-2-31-26(30)14-22(21-9-6-12-29-25(21)16-28-33-29)23-15-27-24-13-19(10-11-20(23)24)32-17-18-7-4-3-5-8-18/h3-13,15-16,22,27-28H,2,14,17H2,1H3. The molecule has 0 aliphatic carbocycles. The summed E-state index contributed by atoms with van der Waals surface area (Å²) in [6.07, 6.45) is 10.3. The van der Waals surface area contributed by atoms with Gasteiger partial charge >= 0.3 is 5.97 Å². The number of hydrogen-bond donors (Lipinski definition) is 2. The SMILES string of the molecule is CCOC(=O)CC(C1=CC=CN2SNC=C12)c1c[nH]c2cc(OCc3ccccc3)ccc12. The summed E-state index contributed by atoms with van der Waals surface area (Å²) in [6.45, 7) is 2.71. The van der Waals surface area contributed by atoms with Gasteiger partial charge in [-0.2, -0.15) is 0 Å². The summed E-state index contributed by atoms with van der Waals surface area (Å²) in [5, 5.41) is 1.07. The summed E-state index contributed by atoms with van der Waals surface area (Å²) in [5.41, 5.74) is 5.29. The van der Waals surface area contributed by atoms with E-state index in [-0.39, 0.29) is 18.3 Å². The molecule has 2 N–H and O–H groups in total. The molecule has 0 radical (unpaired) electrons. The first-order valence-corrected chi connectivity index (χ1v) is 11.7. The predicted octanol–water partition coefficient (Wildman–Crippen LogP) is 5.55. The first kappa shape index (κ1) is 21.3. The van der Waals surface area contributed by atoms with Crippen LogP contribution >= 0.6 is 12.1 Å². The van der Waals surface area contributed by atoms with Crippen LogP contribution in [-0.4, -0.2) is 21.9 Å². The van der Waals surface area contributed by atoms with Crippen LogP contribution in [0.25, 0.3) is 10.9 Å². The number of H-pyrrole nitrogens is 1. The maximum absolute atomic E-state index is 12.5. The Hall–Kier alpha value is -3.58. The Kier molecular flexibility index (Phi) is 6.13. The van der Waals surface area contributed by atoms with E-state index in [4.69, 9.17) is 9.47 Å². The van der Waals surface area contributed by atoms with Crippen molar-refractivity contribution in [3.05, 3.63) is 102 Å². The summed E-state index contributed by atoms with van der Waals surface area (Å²) >= 11 is 1.51. The number of rotatable bonds is 8. The molecular weight excluding hydrogens is 434 g/mol. The van der Waals surface area contributed by atoms with Crippen LogP contribution in [0.1, 0.15) is 30.4 Å². The molecule has 5 rings (SSSR count). The second kappa shape index (κ2) is 9.50. The quantitative estimate of drug-likeness (QED) is 0.340. The number of carbonyl (C=O) groups excluding carboxylic acids is 1. The molecule has 0 saturated heterocycles. The fourth-order valence-electron chi connectivity index (χ4n) is 4.20. The first-order valence-electron chi connectivity index (χ1n) is 11.0. The van der Waals surface area contributed by atoms with Crippen molar-refractivity contribution in [2.45, 2.75) is 25.9 Å². The second-order valence-electron chi connectivity index (χ2n) is 7.82. The van der Waals surface area contributed by atoms with Crippen molar-refractivity contribution >= 4 is 29.0 Å². The monoisotopic (exact) mass is 459 g/mol. The van der Waals surface area contributed by atoms with Crippen molar-refractivity contribution in [1.82, 2.24) is 14.0 Å². The van der Waals surface area contributed by atoms with Gasteiger partial charge in [-0.3, -0.25) is 9.10 Å². The highest BCUT2D eigenvalue weighted by Gasteiger charge is 2.31. The molecule has 1 atom stereocenters.